The molecular weight excluding hydrogens is 555 g/mol. The number of benzene rings is 1. The van der Waals surface area contributed by atoms with Crippen molar-refractivity contribution in [2.75, 3.05) is 25.1 Å². The fourth-order valence-electron chi connectivity index (χ4n) is 3.48. The minimum atomic E-state index is -4.72. The maximum Gasteiger partial charge on any atom is 0.416 e. The number of esters is 1. The number of hydrogen-bond acceptors (Lipinski definition) is 10. The van der Waals surface area contributed by atoms with E-state index in [0.29, 0.717) is 24.6 Å². The third kappa shape index (κ3) is 8.84. The van der Waals surface area contributed by atoms with E-state index < -0.39 is 29.5 Å². The van der Waals surface area contributed by atoms with Crippen molar-refractivity contribution in [2.45, 2.75) is 52.1 Å². The van der Waals surface area contributed by atoms with E-state index in [0.717, 1.165) is 30.2 Å². The molecule has 2 amide bonds. The summed E-state index contributed by atoms with van der Waals surface area (Å²) in [5.74, 6) is -1.86. The highest BCUT2D eigenvalue weighted by Gasteiger charge is 2.32. The van der Waals surface area contributed by atoms with Crippen molar-refractivity contribution in [3.63, 3.8) is 0 Å². The molecule has 0 unspecified atom stereocenters. The number of ether oxygens (including phenoxy) is 1. The van der Waals surface area contributed by atoms with E-state index in [-0.39, 0.29) is 59.0 Å². The van der Waals surface area contributed by atoms with Crippen molar-refractivity contribution < 1.29 is 41.9 Å². The summed E-state index contributed by atoms with van der Waals surface area (Å²) in [4.78, 5) is 45.5. The molecule has 0 spiro atoms. The molecule has 0 bridgehead atoms. The maximum atomic E-state index is 13.4. The number of nitrogens with one attached hydrogen (secondary N) is 2. The van der Waals surface area contributed by atoms with Crippen molar-refractivity contribution in [2.24, 2.45) is 0 Å². The minimum absolute atomic E-state index is 0.0512. The number of carbonyl (C=O) groups is 3. The van der Waals surface area contributed by atoms with Gasteiger partial charge < -0.3 is 25.0 Å². The molecule has 0 fully saturated rings. The lowest BCUT2D eigenvalue weighted by Crippen LogP contribution is -2.28. The SMILES string of the molecule is Cc1nc(-c2cc(C(=O)NCCC(=O)Nc3nc(C)c(C(=O)OCCCCCCO)s3)cc(C(F)(F)F)c2)no1. The smallest absolute Gasteiger partial charge is 0.416 e. The zero-order valence-corrected chi connectivity index (χ0v) is 22.6. The topological polar surface area (TPSA) is 157 Å². The van der Waals surface area contributed by atoms with Gasteiger partial charge in [0.15, 0.2) is 5.13 Å². The van der Waals surface area contributed by atoms with Crippen LogP contribution in [0, 0.1) is 13.8 Å². The molecule has 0 aliphatic carbocycles. The predicted molar refractivity (Wildman–Crippen MR) is 138 cm³/mol. The van der Waals surface area contributed by atoms with Crippen molar-refractivity contribution >= 4 is 34.3 Å². The number of aryl methyl sites for hydroxylation is 2. The monoisotopic (exact) mass is 583 g/mol. The van der Waals surface area contributed by atoms with Gasteiger partial charge >= 0.3 is 12.1 Å². The number of anilines is 1. The van der Waals surface area contributed by atoms with Gasteiger partial charge in [-0.2, -0.15) is 18.2 Å². The lowest BCUT2D eigenvalue weighted by Gasteiger charge is -2.11. The summed E-state index contributed by atoms with van der Waals surface area (Å²) in [6.07, 6.45) is -1.90. The van der Waals surface area contributed by atoms with Crippen LogP contribution in [0.25, 0.3) is 11.4 Å². The Kier molecular flexibility index (Phi) is 10.7. The van der Waals surface area contributed by atoms with E-state index in [1.165, 1.54) is 13.0 Å². The number of carbonyl (C=O) groups excluding carboxylic acids is 3. The summed E-state index contributed by atoms with van der Waals surface area (Å²) >= 11 is 0.946. The molecule has 3 rings (SSSR count). The summed E-state index contributed by atoms with van der Waals surface area (Å²) in [7, 11) is 0. The zero-order valence-electron chi connectivity index (χ0n) is 21.8. The highest BCUT2D eigenvalue weighted by atomic mass is 32.1. The van der Waals surface area contributed by atoms with Crippen LogP contribution in [-0.4, -0.2) is 57.8 Å². The third-order valence-electron chi connectivity index (χ3n) is 5.46. The Morgan fingerprint density at radius 3 is 2.50 bits per heavy atom. The zero-order chi connectivity index (χ0) is 29.3. The molecule has 0 saturated carbocycles. The van der Waals surface area contributed by atoms with Gasteiger partial charge in [-0.15, -0.1) is 0 Å². The number of thiazole rings is 1. The van der Waals surface area contributed by atoms with Crippen molar-refractivity contribution in [3.05, 3.63) is 45.8 Å². The molecule has 0 aliphatic heterocycles. The van der Waals surface area contributed by atoms with Crippen molar-refractivity contribution in [1.82, 2.24) is 20.4 Å². The summed E-state index contributed by atoms with van der Waals surface area (Å²) in [6, 6.07) is 2.71. The van der Waals surface area contributed by atoms with Gasteiger partial charge in [0.05, 0.1) is 17.9 Å². The van der Waals surface area contributed by atoms with Crippen molar-refractivity contribution in [3.8, 4) is 11.4 Å². The molecule has 2 heterocycles. The quantitative estimate of drug-likeness (QED) is 0.197. The Morgan fingerprint density at radius 1 is 1.07 bits per heavy atom. The summed E-state index contributed by atoms with van der Waals surface area (Å²) in [5.41, 5.74) is -1.02. The standard InChI is InChI=1S/C25H28F3N5O6S/c1-14-20(23(37)38-10-6-4-3-5-9-34)40-24(30-14)32-19(35)7-8-29-22(36)17-11-16(21-31-15(2)39-33-21)12-18(13-17)25(26,27)28/h11-13,34H,3-10H2,1-2H3,(H,29,36)(H,30,32,35). The number of aromatic nitrogens is 3. The van der Waals surface area contributed by atoms with Gasteiger partial charge in [0.25, 0.3) is 5.91 Å². The summed E-state index contributed by atoms with van der Waals surface area (Å²) < 4.78 is 50.3. The average Bonchev–Trinajstić information content (AvgIpc) is 3.50. The number of aliphatic hydroxyl groups is 1. The predicted octanol–water partition coefficient (Wildman–Crippen LogP) is 4.30. The molecule has 3 N–H and O–H groups in total. The molecule has 0 aliphatic rings. The van der Waals surface area contributed by atoms with Crippen LogP contribution in [0.3, 0.4) is 0 Å². The first-order valence-electron chi connectivity index (χ1n) is 12.3. The van der Waals surface area contributed by atoms with E-state index in [1.807, 2.05) is 0 Å². The fraction of sp³-hybridized carbons (Fsp3) is 0.440. The molecule has 0 saturated heterocycles. The molecule has 1 aromatic carbocycles. The van der Waals surface area contributed by atoms with Crippen LogP contribution in [0.4, 0.5) is 18.3 Å². The first-order valence-corrected chi connectivity index (χ1v) is 13.2. The summed E-state index contributed by atoms with van der Waals surface area (Å²) in [6.45, 7) is 3.26. The van der Waals surface area contributed by atoms with E-state index in [9.17, 15) is 27.6 Å². The lowest BCUT2D eigenvalue weighted by molar-refractivity contribution is -0.137. The lowest BCUT2D eigenvalue weighted by atomic mass is 10.0. The number of amides is 2. The highest BCUT2D eigenvalue weighted by Crippen LogP contribution is 2.33. The van der Waals surface area contributed by atoms with Crippen LogP contribution in [-0.2, 0) is 15.7 Å². The van der Waals surface area contributed by atoms with Crippen LogP contribution in [0.1, 0.15) is 69.3 Å². The molecule has 216 valence electrons. The van der Waals surface area contributed by atoms with Crippen LogP contribution in [0.2, 0.25) is 0 Å². The van der Waals surface area contributed by atoms with Gasteiger partial charge in [0.2, 0.25) is 17.6 Å². The van der Waals surface area contributed by atoms with Crippen LogP contribution < -0.4 is 10.6 Å². The fourth-order valence-corrected chi connectivity index (χ4v) is 4.35. The van der Waals surface area contributed by atoms with Crippen LogP contribution >= 0.6 is 11.3 Å². The first-order chi connectivity index (χ1) is 19.0. The van der Waals surface area contributed by atoms with Gasteiger partial charge in [-0.3, -0.25) is 9.59 Å². The van der Waals surface area contributed by atoms with Gasteiger partial charge in [-0.1, -0.05) is 22.9 Å². The molecule has 0 atom stereocenters. The number of halogens is 3. The second-order valence-corrected chi connectivity index (χ2v) is 9.69. The molecule has 2 aromatic heterocycles. The molecule has 0 radical (unpaired) electrons. The van der Waals surface area contributed by atoms with Crippen LogP contribution in [0.15, 0.2) is 22.7 Å². The van der Waals surface area contributed by atoms with Gasteiger partial charge in [-0.25, -0.2) is 9.78 Å². The number of unbranched alkanes of at least 4 members (excludes halogenated alkanes) is 3. The molecule has 11 nitrogen and oxygen atoms in total. The molecule has 15 heteroatoms. The normalized spacial score (nSPS) is 11.3. The number of nitrogens with zero attached hydrogens (tertiary/aromatic N) is 3. The van der Waals surface area contributed by atoms with Gasteiger partial charge in [-0.05, 0) is 44.4 Å². The molecule has 3 aromatic rings. The summed E-state index contributed by atoms with van der Waals surface area (Å²) in [5, 5.41) is 17.5. The van der Waals surface area contributed by atoms with E-state index in [4.69, 9.17) is 14.4 Å². The average molecular weight is 584 g/mol. The Bertz CT molecular complexity index is 1340. The molecular formula is C25H28F3N5O6S. The third-order valence-corrected chi connectivity index (χ3v) is 6.51. The largest absolute Gasteiger partial charge is 0.461 e. The number of rotatable bonds is 13. The number of hydrogen-bond donors (Lipinski definition) is 3. The van der Waals surface area contributed by atoms with Crippen LogP contribution in [0.5, 0.6) is 0 Å². The second kappa shape index (κ2) is 14.0. The maximum absolute atomic E-state index is 13.4. The Hall–Kier alpha value is -3.85. The Labute approximate surface area is 231 Å². The van der Waals surface area contributed by atoms with E-state index in [1.54, 1.807) is 6.92 Å². The van der Waals surface area contributed by atoms with E-state index in [2.05, 4.69) is 25.8 Å². The number of aliphatic hydroxyl groups excluding tert-OH is 1. The molecule has 40 heavy (non-hydrogen) atoms. The Balaban J connectivity index is 1.53. The first kappa shape index (κ1) is 30.7. The number of alkyl halides is 3. The second-order valence-electron chi connectivity index (χ2n) is 8.70. The minimum Gasteiger partial charge on any atom is -0.461 e. The Morgan fingerprint density at radius 2 is 1.82 bits per heavy atom. The highest BCUT2D eigenvalue weighted by molar-refractivity contribution is 7.17. The van der Waals surface area contributed by atoms with Gasteiger partial charge in [0.1, 0.15) is 4.88 Å². The van der Waals surface area contributed by atoms with Crippen molar-refractivity contribution in [1.29, 1.82) is 0 Å². The van der Waals surface area contributed by atoms with E-state index >= 15 is 0 Å². The van der Waals surface area contributed by atoms with Gasteiger partial charge in [0, 0.05) is 37.6 Å².